The Bertz CT molecular complexity index is 769. The number of hydrogen-bond donors (Lipinski definition) is 4. The van der Waals surface area contributed by atoms with Gasteiger partial charge in [0.2, 0.25) is 0 Å². The molecule has 0 aromatic rings. The first kappa shape index (κ1) is 24.4. The van der Waals surface area contributed by atoms with Crippen LogP contribution >= 0.6 is 0 Å². The molecule has 0 aliphatic heterocycles. The molecular formula is C28H46O4. The molecular weight excluding hydrogens is 400 g/mol. The molecule has 182 valence electrons. The summed E-state index contributed by atoms with van der Waals surface area (Å²) in [6.45, 7) is 15.2. The van der Waals surface area contributed by atoms with Crippen LogP contribution in [0.2, 0.25) is 0 Å². The van der Waals surface area contributed by atoms with Crippen LogP contribution in [0.4, 0.5) is 0 Å². The van der Waals surface area contributed by atoms with Crippen LogP contribution in [-0.4, -0.2) is 44.3 Å². The third-order valence-electron chi connectivity index (χ3n) is 10.7. The molecule has 0 aromatic carbocycles. The van der Waals surface area contributed by atoms with E-state index in [9.17, 15) is 20.4 Å². The van der Waals surface area contributed by atoms with Gasteiger partial charge in [-0.05, 0) is 104 Å². The molecule has 4 aliphatic rings. The van der Waals surface area contributed by atoms with Crippen LogP contribution < -0.4 is 0 Å². The number of hydrogen-bond acceptors (Lipinski definition) is 4. The maximum Gasteiger partial charge on any atom is 0.101 e. The molecule has 4 aliphatic carbocycles. The molecule has 0 amide bonds. The van der Waals surface area contributed by atoms with Crippen LogP contribution in [0.1, 0.15) is 86.0 Å². The third-order valence-corrected chi connectivity index (χ3v) is 10.7. The highest BCUT2D eigenvalue weighted by molar-refractivity contribution is 5.31. The van der Waals surface area contributed by atoms with Crippen molar-refractivity contribution in [2.75, 3.05) is 0 Å². The molecule has 4 nitrogen and oxygen atoms in total. The lowest BCUT2D eigenvalue weighted by Gasteiger charge is -2.60. The van der Waals surface area contributed by atoms with E-state index < -0.39 is 23.9 Å². The molecule has 4 rings (SSSR count). The van der Waals surface area contributed by atoms with Gasteiger partial charge < -0.3 is 20.4 Å². The Labute approximate surface area is 194 Å². The average Bonchev–Trinajstić information content (AvgIpc) is 3.09. The largest absolute Gasteiger partial charge is 0.390 e. The van der Waals surface area contributed by atoms with Crippen LogP contribution in [0.3, 0.4) is 0 Å². The van der Waals surface area contributed by atoms with Crippen molar-refractivity contribution in [3.63, 3.8) is 0 Å². The van der Waals surface area contributed by atoms with E-state index in [4.69, 9.17) is 0 Å². The summed E-state index contributed by atoms with van der Waals surface area (Å²) in [6.07, 6.45) is 6.94. The van der Waals surface area contributed by atoms with Crippen molar-refractivity contribution in [2.24, 2.45) is 40.4 Å². The van der Waals surface area contributed by atoms with E-state index in [1.807, 2.05) is 13.0 Å². The van der Waals surface area contributed by atoms with Gasteiger partial charge in [0.15, 0.2) is 0 Å². The number of allylic oxidation sites excluding steroid dienone is 1. The Morgan fingerprint density at radius 1 is 1.09 bits per heavy atom. The first-order chi connectivity index (χ1) is 14.8. The molecule has 0 spiro atoms. The van der Waals surface area contributed by atoms with Crippen molar-refractivity contribution in [3.05, 3.63) is 23.8 Å². The zero-order valence-electron chi connectivity index (χ0n) is 20.8. The monoisotopic (exact) mass is 446 g/mol. The maximum atomic E-state index is 11.6. The summed E-state index contributed by atoms with van der Waals surface area (Å²) in [4.78, 5) is 0. The highest BCUT2D eigenvalue weighted by Gasteiger charge is 2.63. The SMILES string of the molecule is C=C(CC[C@](C)(O)[C@H]1CC[C@H]2[C@@H]3[C@@H](O)C=C4[C@@H](O)[C@@H](O)CC[C@]4(C)[C@H]3CC[C@@]21C)C(C)C. The Morgan fingerprint density at radius 3 is 2.44 bits per heavy atom. The van der Waals surface area contributed by atoms with E-state index in [0.717, 1.165) is 50.5 Å². The summed E-state index contributed by atoms with van der Waals surface area (Å²) < 4.78 is 0. The van der Waals surface area contributed by atoms with E-state index >= 15 is 0 Å². The highest BCUT2D eigenvalue weighted by atomic mass is 16.3. The smallest absolute Gasteiger partial charge is 0.101 e. The molecule has 0 saturated heterocycles. The fourth-order valence-corrected chi connectivity index (χ4v) is 8.59. The topological polar surface area (TPSA) is 80.9 Å². The second-order valence-corrected chi connectivity index (χ2v) is 12.7. The minimum absolute atomic E-state index is 0.0132. The van der Waals surface area contributed by atoms with E-state index in [2.05, 4.69) is 34.3 Å². The van der Waals surface area contributed by atoms with Crippen molar-refractivity contribution in [2.45, 2.75) is 110 Å². The Kier molecular flexibility index (Phi) is 6.28. The van der Waals surface area contributed by atoms with Gasteiger partial charge in [0.1, 0.15) is 6.10 Å². The lowest BCUT2D eigenvalue weighted by Crippen LogP contribution is -2.58. The number of fused-ring (bicyclic) bond motifs is 5. The molecule has 32 heavy (non-hydrogen) atoms. The molecule has 0 unspecified atom stereocenters. The normalized spacial score (nSPS) is 47.8. The van der Waals surface area contributed by atoms with E-state index in [1.54, 1.807) is 0 Å². The quantitative estimate of drug-likeness (QED) is 0.465. The zero-order valence-corrected chi connectivity index (χ0v) is 20.8. The maximum absolute atomic E-state index is 11.6. The Hall–Kier alpha value is -0.680. The van der Waals surface area contributed by atoms with Crippen LogP contribution in [0.5, 0.6) is 0 Å². The van der Waals surface area contributed by atoms with Gasteiger partial charge in [-0.1, -0.05) is 45.9 Å². The van der Waals surface area contributed by atoms with Crippen LogP contribution in [0, 0.1) is 40.4 Å². The molecule has 0 bridgehead atoms. The fraction of sp³-hybridized carbons (Fsp3) is 0.857. The number of aliphatic hydroxyl groups is 4. The Balaban J connectivity index is 1.59. The summed E-state index contributed by atoms with van der Waals surface area (Å²) in [5.41, 5.74) is 1.20. The second-order valence-electron chi connectivity index (χ2n) is 12.7. The lowest BCUT2D eigenvalue weighted by atomic mass is 9.46. The van der Waals surface area contributed by atoms with E-state index in [0.29, 0.717) is 24.2 Å². The standard InChI is InChI=1S/C28H46O4/c1-16(2)17(3)9-14-28(6,32)23-8-7-18-24-19(10-12-27(18,23)5)26(4)13-11-21(29)25(31)20(26)15-22(24)30/h15-16,18-19,21-25,29-32H,3,7-14H2,1-2,4-6H3/t18-,19-,21-,22-,23-,24-,25+,26+,27-,28-/m0/s1. The van der Waals surface area contributed by atoms with Gasteiger partial charge in [-0.2, -0.15) is 0 Å². The summed E-state index contributed by atoms with van der Waals surface area (Å²) in [7, 11) is 0. The van der Waals surface area contributed by atoms with Gasteiger partial charge in [0, 0.05) is 0 Å². The molecule has 0 radical (unpaired) electrons. The molecule has 0 aromatic heterocycles. The van der Waals surface area contributed by atoms with Crippen molar-refractivity contribution in [1.82, 2.24) is 0 Å². The van der Waals surface area contributed by atoms with Crippen molar-refractivity contribution >= 4 is 0 Å². The minimum Gasteiger partial charge on any atom is -0.390 e. The van der Waals surface area contributed by atoms with Gasteiger partial charge in [0.05, 0.1) is 17.8 Å². The first-order valence-electron chi connectivity index (χ1n) is 13.0. The van der Waals surface area contributed by atoms with E-state index in [-0.39, 0.29) is 22.7 Å². The molecule has 4 heteroatoms. The lowest BCUT2D eigenvalue weighted by molar-refractivity contribution is -0.132. The second kappa shape index (κ2) is 8.22. The number of rotatable bonds is 5. The van der Waals surface area contributed by atoms with Gasteiger partial charge in [-0.15, -0.1) is 0 Å². The van der Waals surface area contributed by atoms with Gasteiger partial charge >= 0.3 is 0 Å². The van der Waals surface area contributed by atoms with E-state index in [1.165, 1.54) is 5.57 Å². The molecule has 3 fully saturated rings. The predicted octanol–water partition coefficient (Wildman–Crippen LogP) is 4.61. The van der Waals surface area contributed by atoms with Crippen molar-refractivity contribution in [3.8, 4) is 0 Å². The van der Waals surface area contributed by atoms with Crippen molar-refractivity contribution in [1.29, 1.82) is 0 Å². The molecule has 4 N–H and O–H groups in total. The van der Waals surface area contributed by atoms with Gasteiger partial charge in [-0.3, -0.25) is 0 Å². The molecule has 3 saturated carbocycles. The average molecular weight is 447 g/mol. The molecule has 10 atom stereocenters. The third kappa shape index (κ3) is 3.65. The van der Waals surface area contributed by atoms with Crippen LogP contribution in [0.25, 0.3) is 0 Å². The van der Waals surface area contributed by atoms with Gasteiger partial charge in [-0.25, -0.2) is 0 Å². The summed E-state index contributed by atoms with van der Waals surface area (Å²) in [6, 6.07) is 0. The zero-order chi connectivity index (χ0) is 23.6. The summed E-state index contributed by atoms with van der Waals surface area (Å²) >= 11 is 0. The fourth-order valence-electron chi connectivity index (χ4n) is 8.59. The van der Waals surface area contributed by atoms with Crippen LogP contribution in [-0.2, 0) is 0 Å². The highest BCUT2D eigenvalue weighted by Crippen LogP contribution is 2.67. The predicted molar refractivity (Wildman–Crippen MR) is 128 cm³/mol. The summed E-state index contributed by atoms with van der Waals surface area (Å²) in [5, 5.41) is 43.9. The summed E-state index contributed by atoms with van der Waals surface area (Å²) in [5.74, 6) is 1.53. The number of aliphatic hydroxyl groups excluding tert-OH is 3. The molecule has 0 heterocycles. The minimum atomic E-state index is -0.858. The van der Waals surface area contributed by atoms with Crippen LogP contribution in [0.15, 0.2) is 23.8 Å². The first-order valence-corrected chi connectivity index (χ1v) is 13.0. The van der Waals surface area contributed by atoms with Gasteiger partial charge in [0.25, 0.3) is 0 Å². The van der Waals surface area contributed by atoms with Crippen molar-refractivity contribution < 1.29 is 20.4 Å². The Morgan fingerprint density at radius 2 is 1.78 bits per heavy atom.